The Bertz CT molecular complexity index is 909. The fraction of sp³-hybridized carbons (Fsp3) is 0.105. The number of fused-ring (bicyclic) bond motifs is 1. The van der Waals surface area contributed by atoms with Crippen molar-refractivity contribution in [2.75, 3.05) is 7.11 Å². The minimum absolute atomic E-state index is 0.660. The highest BCUT2D eigenvalue weighted by Gasteiger charge is 2.19. The van der Waals surface area contributed by atoms with Crippen molar-refractivity contribution in [3.8, 4) is 5.75 Å². The van der Waals surface area contributed by atoms with Gasteiger partial charge in [0.1, 0.15) is 5.75 Å². The summed E-state index contributed by atoms with van der Waals surface area (Å²) in [5, 5.41) is 14.3. The molecule has 118 valence electrons. The Hall–Kier alpha value is -3.21. The molecule has 3 aromatic rings. The van der Waals surface area contributed by atoms with E-state index in [9.17, 15) is 0 Å². The largest absolute Gasteiger partial charge is 0.497 e. The molecular weight excluding hydrogens is 300 g/mol. The molecule has 1 aromatic heterocycles. The Morgan fingerprint density at radius 1 is 1.04 bits per heavy atom. The molecular formula is C19H16N4O. The molecule has 0 saturated carbocycles. The van der Waals surface area contributed by atoms with Gasteiger partial charge in [-0.3, -0.25) is 0 Å². The molecule has 0 amide bonds. The third-order valence-electron chi connectivity index (χ3n) is 4.09. The monoisotopic (exact) mass is 316 g/mol. The van der Waals surface area contributed by atoms with Crippen molar-refractivity contribution >= 4 is 17.2 Å². The fourth-order valence-corrected chi connectivity index (χ4v) is 2.93. The number of aromatic amines is 1. The van der Waals surface area contributed by atoms with Gasteiger partial charge in [0.2, 0.25) is 0 Å². The van der Waals surface area contributed by atoms with Crippen molar-refractivity contribution in [2.24, 2.45) is 0 Å². The Labute approximate surface area is 139 Å². The molecule has 0 radical (unpaired) electrons. The van der Waals surface area contributed by atoms with Gasteiger partial charge >= 0.3 is 0 Å². The molecule has 1 aliphatic carbocycles. The number of rotatable bonds is 4. The first-order valence-corrected chi connectivity index (χ1v) is 7.72. The van der Waals surface area contributed by atoms with Crippen molar-refractivity contribution in [2.45, 2.75) is 6.42 Å². The lowest BCUT2D eigenvalue weighted by atomic mass is 10.0. The smallest absolute Gasteiger partial charge is 0.178 e. The number of benzene rings is 2. The average molecular weight is 316 g/mol. The lowest BCUT2D eigenvalue weighted by Gasteiger charge is -2.04. The third kappa shape index (κ3) is 2.72. The van der Waals surface area contributed by atoms with Crippen LogP contribution in [0.25, 0.3) is 17.2 Å². The molecule has 1 heterocycles. The first-order valence-electron chi connectivity index (χ1n) is 7.72. The van der Waals surface area contributed by atoms with Gasteiger partial charge in [-0.2, -0.15) is 5.21 Å². The molecule has 2 aromatic carbocycles. The summed E-state index contributed by atoms with van der Waals surface area (Å²) >= 11 is 0. The second kappa shape index (κ2) is 6.12. The highest BCUT2D eigenvalue weighted by molar-refractivity contribution is 6.01. The zero-order valence-electron chi connectivity index (χ0n) is 13.2. The maximum atomic E-state index is 5.22. The van der Waals surface area contributed by atoms with Crippen molar-refractivity contribution in [3.63, 3.8) is 0 Å². The summed E-state index contributed by atoms with van der Waals surface area (Å²) in [5.74, 6) is 1.55. The number of nitrogens with one attached hydrogen (secondary N) is 1. The van der Waals surface area contributed by atoms with Gasteiger partial charge in [0.05, 0.1) is 7.11 Å². The van der Waals surface area contributed by atoms with Crippen LogP contribution in [-0.4, -0.2) is 27.7 Å². The van der Waals surface area contributed by atoms with Gasteiger partial charge in [-0.25, -0.2) is 0 Å². The number of aromatic nitrogens is 4. The lowest BCUT2D eigenvalue weighted by Crippen LogP contribution is -1.92. The zero-order valence-corrected chi connectivity index (χ0v) is 13.2. The van der Waals surface area contributed by atoms with E-state index in [0.717, 1.165) is 11.3 Å². The Morgan fingerprint density at radius 3 is 2.54 bits per heavy atom. The van der Waals surface area contributed by atoms with Crippen LogP contribution in [0.15, 0.2) is 54.6 Å². The van der Waals surface area contributed by atoms with E-state index < -0.39 is 0 Å². The zero-order chi connectivity index (χ0) is 16.4. The van der Waals surface area contributed by atoms with Gasteiger partial charge in [-0.15, -0.1) is 10.2 Å². The molecule has 0 spiro atoms. The molecule has 0 unspecified atom stereocenters. The van der Waals surface area contributed by atoms with E-state index >= 15 is 0 Å². The number of H-pyrrole nitrogens is 1. The third-order valence-corrected chi connectivity index (χ3v) is 4.09. The van der Waals surface area contributed by atoms with Gasteiger partial charge in [-0.1, -0.05) is 47.7 Å². The SMILES string of the molecule is COc1ccc(/C=C2\C=C(Cc3nn[nH]n3)c3ccccc32)cc1. The van der Waals surface area contributed by atoms with Gasteiger partial charge in [0.15, 0.2) is 5.82 Å². The second-order valence-corrected chi connectivity index (χ2v) is 5.59. The summed E-state index contributed by atoms with van der Waals surface area (Å²) in [6.45, 7) is 0. The Balaban J connectivity index is 1.71. The van der Waals surface area contributed by atoms with Crippen LogP contribution in [0.4, 0.5) is 0 Å². The normalized spacial score (nSPS) is 14.5. The van der Waals surface area contributed by atoms with E-state index in [0.29, 0.717) is 12.2 Å². The summed E-state index contributed by atoms with van der Waals surface area (Å²) in [6.07, 6.45) is 5.04. The molecule has 1 N–H and O–H groups in total. The van der Waals surface area contributed by atoms with Crippen LogP contribution < -0.4 is 4.74 Å². The molecule has 0 bridgehead atoms. The van der Waals surface area contributed by atoms with Crippen LogP contribution in [0.2, 0.25) is 0 Å². The van der Waals surface area contributed by atoms with Crippen LogP contribution in [0, 0.1) is 0 Å². The highest BCUT2D eigenvalue weighted by atomic mass is 16.5. The predicted molar refractivity (Wildman–Crippen MR) is 93.2 cm³/mol. The quantitative estimate of drug-likeness (QED) is 0.801. The molecule has 0 saturated heterocycles. The van der Waals surface area contributed by atoms with Crippen LogP contribution >= 0.6 is 0 Å². The molecule has 1 aliphatic rings. The van der Waals surface area contributed by atoms with E-state index in [1.54, 1.807) is 7.11 Å². The Morgan fingerprint density at radius 2 is 1.83 bits per heavy atom. The van der Waals surface area contributed by atoms with Crippen LogP contribution in [0.5, 0.6) is 5.75 Å². The molecule has 4 rings (SSSR count). The lowest BCUT2D eigenvalue weighted by molar-refractivity contribution is 0.415. The molecule has 0 aliphatic heterocycles. The van der Waals surface area contributed by atoms with E-state index in [4.69, 9.17) is 4.74 Å². The molecule has 0 fully saturated rings. The molecule has 0 atom stereocenters. The van der Waals surface area contributed by atoms with Gasteiger partial charge in [-0.05, 0) is 46.0 Å². The van der Waals surface area contributed by atoms with Crippen molar-refractivity contribution < 1.29 is 4.74 Å². The highest BCUT2D eigenvalue weighted by Crippen LogP contribution is 2.37. The van der Waals surface area contributed by atoms with E-state index in [2.05, 4.69) is 69.2 Å². The standard InChI is InChI=1S/C19H16N4O/c1-24-16-8-6-13(7-9-16)10-14-11-15(12-19-20-22-23-21-19)18-5-3-2-4-17(14)18/h2-11H,12H2,1H3,(H,20,21,22,23)/b14-10+. The summed E-state index contributed by atoms with van der Waals surface area (Å²) in [4.78, 5) is 0. The van der Waals surface area contributed by atoms with Crippen molar-refractivity contribution in [1.29, 1.82) is 0 Å². The molecule has 5 nitrogen and oxygen atoms in total. The van der Waals surface area contributed by atoms with E-state index in [-0.39, 0.29) is 0 Å². The summed E-state index contributed by atoms with van der Waals surface area (Å²) in [5.41, 5.74) is 5.98. The maximum Gasteiger partial charge on any atom is 0.178 e. The average Bonchev–Trinajstić information content (AvgIpc) is 3.25. The van der Waals surface area contributed by atoms with Crippen LogP contribution in [-0.2, 0) is 6.42 Å². The topological polar surface area (TPSA) is 63.7 Å². The van der Waals surface area contributed by atoms with E-state index in [1.165, 1.54) is 22.3 Å². The molecule has 24 heavy (non-hydrogen) atoms. The summed E-state index contributed by atoms with van der Waals surface area (Å²) in [7, 11) is 1.67. The minimum Gasteiger partial charge on any atom is -0.497 e. The predicted octanol–water partition coefficient (Wildman–Crippen LogP) is 3.39. The summed E-state index contributed by atoms with van der Waals surface area (Å²) < 4.78 is 5.22. The fourth-order valence-electron chi connectivity index (χ4n) is 2.93. The maximum absolute atomic E-state index is 5.22. The first-order chi connectivity index (χ1) is 11.8. The number of ether oxygens (including phenoxy) is 1. The number of methoxy groups -OCH3 is 1. The van der Waals surface area contributed by atoms with Gasteiger partial charge in [0.25, 0.3) is 0 Å². The number of tetrazole rings is 1. The minimum atomic E-state index is 0.660. The number of hydrogen-bond acceptors (Lipinski definition) is 4. The van der Waals surface area contributed by atoms with E-state index in [1.807, 2.05) is 12.1 Å². The van der Waals surface area contributed by atoms with Crippen molar-refractivity contribution in [3.05, 3.63) is 77.1 Å². The van der Waals surface area contributed by atoms with Gasteiger partial charge in [0, 0.05) is 6.42 Å². The molecule has 5 heteroatoms. The number of hydrogen-bond donors (Lipinski definition) is 1. The van der Waals surface area contributed by atoms with Crippen molar-refractivity contribution in [1.82, 2.24) is 20.6 Å². The second-order valence-electron chi connectivity index (χ2n) is 5.59. The number of allylic oxidation sites excluding steroid dienone is 3. The summed E-state index contributed by atoms with van der Waals surface area (Å²) in [6, 6.07) is 16.4. The van der Waals surface area contributed by atoms with Crippen LogP contribution in [0.3, 0.4) is 0 Å². The number of nitrogens with zero attached hydrogens (tertiary/aromatic N) is 3. The van der Waals surface area contributed by atoms with Crippen LogP contribution in [0.1, 0.15) is 22.5 Å². The first kappa shape index (κ1) is 14.4. The Kier molecular flexibility index (Phi) is 3.67. The van der Waals surface area contributed by atoms with Gasteiger partial charge < -0.3 is 4.74 Å².